The van der Waals surface area contributed by atoms with Crippen molar-refractivity contribution in [3.8, 4) is 4.62 Å². The third-order valence-electron chi connectivity index (χ3n) is 0.258. The van der Waals surface area contributed by atoms with Crippen molar-refractivity contribution in [3.63, 3.8) is 0 Å². The average molecular weight is 126 g/mol. The summed E-state index contributed by atoms with van der Waals surface area (Å²) in [5.41, 5.74) is 4.10. The molecule has 0 aromatic heterocycles. The Morgan fingerprint density at radius 1 is 1.60 bits per heavy atom. The molecule has 0 aromatic carbocycles. The van der Waals surface area contributed by atoms with E-state index >= 15 is 0 Å². The Bertz CT molecular complexity index is 52.4. The molecule has 0 aliphatic heterocycles. The first-order valence-electron chi connectivity index (χ1n) is 1.67. The quantitative estimate of drug-likeness (QED) is 0.440. The molecule has 0 spiro atoms. The molecule has 0 amide bonds. The van der Waals surface area contributed by atoms with Crippen LogP contribution in [0.5, 0.6) is 0 Å². The van der Waals surface area contributed by atoms with E-state index in [0.29, 0.717) is 0 Å². The topological polar surface area (TPSA) is 23.8 Å². The third-order valence-corrected chi connectivity index (χ3v) is 1.34. The van der Waals surface area contributed by atoms with Gasteiger partial charge in [-0.15, -0.1) is 0 Å². The molecule has 0 aliphatic carbocycles. The van der Waals surface area contributed by atoms with E-state index in [2.05, 4.69) is 4.62 Å². The van der Waals surface area contributed by atoms with Crippen LogP contribution in [0.3, 0.4) is 0 Å². The van der Waals surface area contributed by atoms with Crippen molar-refractivity contribution in [3.05, 3.63) is 0 Å². The Balaban J connectivity index is 2.94. The van der Waals surface area contributed by atoms with Crippen LogP contribution in [0.15, 0.2) is 0 Å². The summed E-state index contributed by atoms with van der Waals surface area (Å²) >= 11 is -1.21. The van der Waals surface area contributed by atoms with Gasteiger partial charge in [0.15, 0.2) is 0 Å². The zero-order valence-electron chi connectivity index (χ0n) is 3.52. The molecule has 5 heavy (non-hydrogen) atoms. The maximum atomic E-state index is 7.98. The van der Waals surface area contributed by atoms with Gasteiger partial charge in [-0.05, 0) is 0 Å². The summed E-state index contributed by atoms with van der Waals surface area (Å²) in [6.07, 6.45) is 0. The van der Waals surface area contributed by atoms with Gasteiger partial charge in [-0.1, -0.05) is 0 Å². The van der Waals surface area contributed by atoms with E-state index in [1.54, 1.807) is 0 Å². The molecule has 2 heteroatoms. The van der Waals surface area contributed by atoms with Gasteiger partial charge in [-0.25, -0.2) is 0 Å². The van der Waals surface area contributed by atoms with Crippen molar-refractivity contribution in [2.24, 2.45) is 0 Å². The van der Waals surface area contributed by atoms with Gasteiger partial charge in [0.2, 0.25) is 0 Å². The fraction of sp³-hybridized carbons (Fsp3) is 0.667. The van der Waals surface area contributed by atoms with E-state index in [4.69, 9.17) is 5.26 Å². The number of hydrogen-bond acceptors (Lipinski definition) is 1. The van der Waals surface area contributed by atoms with Crippen molar-refractivity contribution in [1.29, 1.82) is 5.26 Å². The molecular formula is C3H6GaN. The molecule has 0 heterocycles. The van der Waals surface area contributed by atoms with Crippen molar-refractivity contribution in [2.45, 2.75) is 11.0 Å². The summed E-state index contributed by atoms with van der Waals surface area (Å²) in [4.78, 5) is 0. The van der Waals surface area contributed by atoms with Gasteiger partial charge in [0.1, 0.15) is 0 Å². The average Bonchev–Trinajstić information content (AvgIpc) is 1.38. The van der Waals surface area contributed by atoms with Gasteiger partial charge < -0.3 is 0 Å². The summed E-state index contributed by atoms with van der Waals surface area (Å²) in [7, 11) is 0. The predicted molar refractivity (Wildman–Crippen MR) is 23.1 cm³/mol. The number of nitrogens with zero attached hydrogens (tertiary/aromatic N) is 1. The van der Waals surface area contributed by atoms with E-state index in [-0.39, 0.29) is 0 Å². The second kappa shape index (κ2) is 2.37. The van der Waals surface area contributed by atoms with Gasteiger partial charge in [0, 0.05) is 0 Å². The molecule has 0 aliphatic rings. The molecule has 0 N–H and O–H groups in total. The first-order valence-corrected chi connectivity index (χ1v) is 7.72. The standard InChI is InChI=1S/CN.2CH3.Ga/c1-2;;;/h;2*1H3;. The van der Waals surface area contributed by atoms with Gasteiger partial charge in [-0.3, -0.25) is 0 Å². The molecule has 26 valence electrons. The van der Waals surface area contributed by atoms with Crippen LogP contribution in [-0.4, -0.2) is 16.2 Å². The Morgan fingerprint density at radius 2 is 1.80 bits per heavy atom. The Kier molecular flexibility index (Phi) is 2.43. The fourth-order valence-electron chi connectivity index (χ4n) is 0. The second-order valence-corrected chi connectivity index (χ2v) is 6.67. The van der Waals surface area contributed by atoms with Gasteiger partial charge >= 0.3 is 37.1 Å². The third kappa shape index (κ3) is 4.13. The van der Waals surface area contributed by atoms with Crippen molar-refractivity contribution in [2.75, 3.05) is 0 Å². The van der Waals surface area contributed by atoms with Gasteiger partial charge in [0.25, 0.3) is 0 Å². The summed E-state index contributed by atoms with van der Waals surface area (Å²) in [6.45, 7) is 0. The van der Waals surface area contributed by atoms with Crippen LogP contribution < -0.4 is 0 Å². The Hall–Kier alpha value is 0.126. The molecule has 0 aromatic rings. The summed E-state index contributed by atoms with van der Waals surface area (Å²) < 4.78 is 2.22. The van der Waals surface area contributed by atoms with Gasteiger partial charge in [-0.2, -0.15) is 0 Å². The minimum absolute atomic E-state index is 1.21. The monoisotopic (exact) mass is 125 g/mol. The predicted octanol–water partition coefficient (Wildman–Crippen LogP) is 0.804. The fourth-order valence-corrected chi connectivity index (χ4v) is 0. The van der Waals surface area contributed by atoms with E-state index < -0.39 is 16.2 Å². The van der Waals surface area contributed by atoms with Gasteiger partial charge in [0.05, 0.1) is 0 Å². The van der Waals surface area contributed by atoms with E-state index in [1.165, 1.54) is 0 Å². The Morgan fingerprint density at radius 3 is 1.80 bits per heavy atom. The van der Waals surface area contributed by atoms with Crippen LogP contribution in [0, 0.1) is 9.89 Å². The zero-order valence-corrected chi connectivity index (χ0v) is 5.95. The molecular weight excluding hydrogens is 120 g/mol. The number of nitriles is 1. The molecule has 0 radical (unpaired) electrons. The summed E-state index contributed by atoms with van der Waals surface area (Å²) in [6, 6.07) is 0. The van der Waals surface area contributed by atoms with Crippen LogP contribution >= 0.6 is 0 Å². The zero-order chi connectivity index (χ0) is 4.28. The molecule has 1 nitrogen and oxygen atoms in total. The first kappa shape index (κ1) is 5.13. The van der Waals surface area contributed by atoms with Crippen LogP contribution in [0.4, 0.5) is 0 Å². The molecule has 0 saturated carbocycles. The van der Waals surface area contributed by atoms with Crippen molar-refractivity contribution >= 4 is 16.2 Å². The maximum absolute atomic E-state index is 7.98. The number of hydrogen-bond donors (Lipinski definition) is 0. The normalized spacial score (nSPS) is 5.80. The van der Waals surface area contributed by atoms with Crippen LogP contribution in [0.2, 0.25) is 11.0 Å². The molecule has 0 saturated heterocycles. The summed E-state index contributed by atoms with van der Waals surface area (Å²) in [5, 5.41) is 7.98. The molecule has 0 bridgehead atoms. The second-order valence-electron chi connectivity index (χ2n) is 1.28. The van der Waals surface area contributed by atoms with Crippen LogP contribution in [-0.2, 0) is 0 Å². The van der Waals surface area contributed by atoms with Crippen LogP contribution in [0.25, 0.3) is 0 Å². The molecule has 0 unspecified atom stereocenters. The van der Waals surface area contributed by atoms with Crippen molar-refractivity contribution < 1.29 is 0 Å². The van der Waals surface area contributed by atoms with E-state index in [0.717, 1.165) is 0 Å². The SMILES string of the molecule is [CH3][Ga]([CH3])[C]#N. The molecule has 0 atom stereocenters. The van der Waals surface area contributed by atoms with E-state index in [9.17, 15) is 0 Å². The molecule has 0 fully saturated rings. The van der Waals surface area contributed by atoms with E-state index in [1.807, 2.05) is 11.0 Å². The minimum atomic E-state index is -1.21. The summed E-state index contributed by atoms with van der Waals surface area (Å²) in [5.74, 6) is 0. The Labute approximate surface area is 37.6 Å². The number of rotatable bonds is 0. The first-order chi connectivity index (χ1) is 2.27. The van der Waals surface area contributed by atoms with Crippen LogP contribution in [0.1, 0.15) is 0 Å². The van der Waals surface area contributed by atoms with Crippen molar-refractivity contribution in [1.82, 2.24) is 0 Å². The molecule has 0 rings (SSSR count).